The minimum Gasteiger partial charge on any atom is -0.478 e. The molecule has 2 rings (SSSR count). The van der Waals surface area contributed by atoms with Gasteiger partial charge in [-0.15, -0.1) is 0 Å². The lowest BCUT2D eigenvalue weighted by Crippen LogP contribution is -2.38. The van der Waals surface area contributed by atoms with E-state index in [0.29, 0.717) is 12.8 Å². The van der Waals surface area contributed by atoms with Crippen LogP contribution in [0.1, 0.15) is 23.2 Å². The summed E-state index contributed by atoms with van der Waals surface area (Å²) in [6.45, 7) is 0. The van der Waals surface area contributed by atoms with Gasteiger partial charge >= 0.3 is 5.97 Å². The Kier molecular flexibility index (Phi) is 3.80. The summed E-state index contributed by atoms with van der Waals surface area (Å²) in [6.07, 6.45) is 1.27. The highest BCUT2D eigenvalue weighted by Gasteiger charge is 2.34. The van der Waals surface area contributed by atoms with Crippen LogP contribution in [-0.2, 0) is 9.53 Å². The molecule has 0 spiro atoms. The third-order valence-corrected chi connectivity index (χ3v) is 3.27. The average Bonchev–Trinajstić information content (AvgIpc) is 2.30. The molecule has 19 heavy (non-hydrogen) atoms. The van der Waals surface area contributed by atoms with Crippen LogP contribution in [0.3, 0.4) is 0 Å². The van der Waals surface area contributed by atoms with Crippen molar-refractivity contribution in [1.29, 1.82) is 0 Å². The van der Waals surface area contributed by atoms with Crippen LogP contribution in [0.2, 0.25) is 0 Å². The van der Waals surface area contributed by atoms with Crippen LogP contribution < -0.4 is 5.32 Å². The molecule has 1 aliphatic rings. The maximum atomic E-state index is 13.5. The molecule has 1 aromatic carbocycles. The highest BCUT2D eigenvalue weighted by Crippen LogP contribution is 2.31. The molecule has 102 valence electrons. The minimum absolute atomic E-state index is 0.0694. The van der Waals surface area contributed by atoms with E-state index < -0.39 is 11.8 Å². The number of aromatic carboxylic acids is 1. The first-order valence-electron chi connectivity index (χ1n) is 5.87. The van der Waals surface area contributed by atoms with Gasteiger partial charge in [-0.1, -0.05) is 0 Å². The van der Waals surface area contributed by atoms with E-state index in [0.717, 1.165) is 18.2 Å². The molecule has 0 unspecified atom stereocenters. The van der Waals surface area contributed by atoms with Crippen molar-refractivity contribution in [3.05, 3.63) is 29.6 Å². The summed E-state index contributed by atoms with van der Waals surface area (Å²) in [6, 6.07) is 3.29. The highest BCUT2D eigenvalue weighted by atomic mass is 19.1. The van der Waals surface area contributed by atoms with E-state index in [-0.39, 0.29) is 29.2 Å². The number of nitrogens with one attached hydrogen (secondary N) is 1. The molecule has 1 amide bonds. The molecule has 1 aromatic rings. The Morgan fingerprint density at radius 1 is 1.42 bits per heavy atom. The molecule has 1 aliphatic carbocycles. The number of anilines is 1. The second-order valence-corrected chi connectivity index (χ2v) is 4.52. The number of rotatable bonds is 4. The van der Waals surface area contributed by atoms with Crippen molar-refractivity contribution in [2.75, 3.05) is 12.4 Å². The van der Waals surface area contributed by atoms with E-state index in [2.05, 4.69) is 5.32 Å². The number of methoxy groups -OCH3 is 1. The van der Waals surface area contributed by atoms with E-state index in [1.165, 1.54) is 0 Å². The molecular formula is C13H14FNO4. The van der Waals surface area contributed by atoms with Gasteiger partial charge in [0.05, 0.1) is 17.4 Å². The summed E-state index contributed by atoms with van der Waals surface area (Å²) in [5.41, 5.74) is -0.175. The van der Waals surface area contributed by atoms with Crippen molar-refractivity contribution in [3.8, 4) is 0 Å². The second-order valence-electron chi connectivity index (χ2n) is 4.52. The lowest BCUT2D eigenvalue weighted by molar-refractivity contribution is -0.127. The Labute approximate surface area is 109 Å². The normalized spacial score (nSPS) is 21.6. The first-order chi connectivity index (χ1) is 9.01. The number of amides is 1. The summed E-state index contributed by atoms with van der Waals surface area (Å²) >= 11 is 0. The summed E-state index contributed by atoms with van der Waals surface area (Å²) in [5, 5.41) is 11.2. The molecule has 6 heteroatoms. The van der Waals surface area contributed by atoms with Crippen LogP contribution in [0.25, 0.3) is 0 Å². The molecule has 1 saturated carbocycles. The fraction of sp³-hybridized carbons (Fsp3) is 0.385. The minimum atomic E-state index is -1.17. The molecule has 5 nitrogen and oxygen atoms in total. The Morgan fingerprint density at radius 2 is 2.11 bits per heavy atom. The summed E-state index contributed by atoms with van der Waals surface area (Å²) < 4.78 is 18.5. The molecular weight excluding hydrogens is 253 g/mol. The third kappa shape index (κ3) is 2.90. The number of hydrogen-bond donors (Lipinski definition) is 2. The zero-order valence-corrected chi connectivity index (χ0v) is 10.4. The van der Waals surface area contributed by atoms with Gasteiger partial charge in [0.25, 0.3) is 0 Å². The predicted molar refractivity (Wildman–Crippen MR) is 65.5 cm³/mol. The van der Waals surface area contributed by atoms with E-state index in [9.17, 15) is 14.0 Å². The molecule has 0 atom stereocenters. The molecule has 2 N–H and O–H groups in total. The van der Waals surface area contributed by atoms with Crippen molar-refractivity contribution in [3.63, 3.8) is 0 Å². The van der Waals surface area contributed by atoms with Gasteiger partial charge in [0.2, 0.25) is 5.91 Å². The van der Waals surface area contributed by atoms with Crippen molar-refractivity contribution in [2.45, 2.75) is 18.9 Å². The lowest BCUT2D eigenvalue weighted by Gasteiger charge is -2.32. The summed E-state index contributed by atoms with van der Waals surface area (Å²) in [5.74, 6) is -2.34. The largest absolute Gasteiger partial charge is 0.478 e. The molecule has 0 bridgehead atoms. The van der Waals surface area contributed by atoms with Crippen molar-refractivity contribution in [2.24, 2.45) is 5.92 Å². The monoisotopic (exact) mass is 267 g/mol. The Balaban J connectivity index is 2.04. The van der Waals surface area contributed by atoms with Gasteiger partial charge in [-0.25, -0.2) is 9.18 Å². The zero-order valence-electron chi connectivity index (χ0n) is 10.4. The van der Waals surface area contributed by atoms with Crippen LogP contribution in [-0.4, -0.2) is 30.2 Å². The number of carboxylic acids is 1. The van der Waals surface area contributed by atoms with E-state index in [4.69, 9.17) is 9.84 Å². The summed E-state index contributed by atoms with van der Waals surface area (Å²) in [7, 11) is 1.58. The van der Waals surface area contributed by atoms with Gasteiger partial charge in [0, 0.05) is 13.0 Å². The first kappa shape index (κ1) is 13.5. The van der Waals surface area contributed by atoms with Crippen LogP contribution in [0.5, 0.6) is 0 Å². The second kappa shape index (κ2) is 5.36. The number of hydrogen-bond acceptors (Lipinski definition) is 3. The molecule has 0 heterocycles. The van der Waals surface area contributed by atoms with Gasteiger partial charge in [-0.2, -0.15) is 0 Å². The molecule has 0 saturated heterocycles. The number of carbonyl (C=O) groups is 2. The van der Waals surface area contributed by atoms with Crippen molar-refractivity contribution >= 4 is 17.6 Å². The number of benzene rings is 1. The maximum Gasteiger partial charge on any atom is 0.335 e. The fourth-order valence-electron chi connectivity index (χ4n) is 1.96. The third-order valence-electron chi connectivity index (χ3n) is 3.27. The number of ether oxygens (including phenoxy) is 1. The van der Waals surface area contributed by atoms with Gasteiger partial charge in [-0.3, -0.25) is 4.79 Å². The molecule has 0 radical (unpaired) electrons. The molecule has 1 fully saturated rings. The van der Waals surface area contributed by atoms with Gasteiger partial charge < -0.3 is 15.2 Å². The fourth-order valence-corrected chi connectivity index (χ4v) is 1.96. The smallest absolute Gasteiger partial charge is 0.335 e. The topological polar surface area (TPSA) is 75.6 Å². The SMILES string of the molecule is COC1CC(C(=O)Nc2cc(C(=O)O)ccc2F)C1. The zero-order chi connectivity index (χ0) is 14.0. The molecule has 0 aromatic heterocycles. The van der Waals surface area contributed by atoms with Gasteiger partial charge in [-0.05, 0) is 31.0 Å². The van der Waals surface area contributed by atoms with E-state index >= 15 is 0 Å². The number of carbonyl (C=O) groups excluding carboxylic acids is 1. The van der Waals surface area contributed by atoms with Gasteiger partial charge in [0.1, 0.15) is 5.82 Å². The van der Waals surface area contributed by atoms with Crippen LogP contribution in [0.4, 0.5) is 10.1 Å². The lowest BCUT2D eigenvalue weighted by atomic mass is 9.81. The number of carboxylic acid groups (broad SMARTS) is 1. The quantitative estimate of drug-likeness (QED) is 0.873. The average molecular weight is 267 g/mol. The van der Waals surface area contributed by atoms with Crippen molar-refractivity contribution < 1.29 is 23.8 Å². The van der Waals surface area contributed by atoms with Crippen LogP contribution >= 0.6 is 0 Å². The Hall–Kier alpha value is -1.95. The van der Waals surface area contributed by atoms with Crippen LogP contribution in [0.15, 0.2) is 18.2 Å². The number of halogens is 1. The first-order valence-corrected chi connectivity index (χ1v) is 5.87. The molecule has 0 aliphatic heterocycles. The Bertz CT molecular complexity index is 511. The van der Waals surface area contributed by atoms with Crippen LogP contribution in [0, 0.1) is 11.7 Å². The Morgan fingerprint density at radius 3 is 2.68 bits per heavy atom. The van der Waals surface area contributed by atoms with Gasteiger partial charge in [0.15, 0.2) is 0 Å². The highest BCUT2D eigenvalue weighted by molar-refractivity contribution is 5.95. The standard InChI is InChI=1S/C13H14FNO4/c1-19-9-4-8(5-9)12(16)15-11-6-7(13(17)18)2-3-10(11)14/h2-3,6,8-9H,4-5H2,1H3,(H,15,16)(H,17,18). The predicted octanol–water partition coefficient (Wildman–Crippen LogP) is 1.89. The maximum absolute atomic E-state index is 13.5. The van der Waals surface area contributed by atoms with Crippen molar-refractivity contribution in [1.82, 2.24) is 0 Å². The summed E-state index contributed by atoms with van der Waals surface area (Å²) in [4.78, 5) is 22.6. The van der Waals surface area contributed by atoms with E-state index in [1.54, 1.807) is 7.11 Å². The van der Waals surface area contributed by atoms with E-state index in [1.807, 2.05) is 0 Å².